The molecule has 1 amide bonds. The first-order valence-electron chi connectivity index (χ1n) is 9.63. The van der Waals surface area contributed by atoms with Gasteiger partial charge in [0.1, 0.15) is 6.61 Å². The van der Waals surface area contributed by atoms with Crippen molar-refractivity contribution in [1.29, 1.82) is 0 Å². The van der Waals surface area contributed by atoms with Crippen LogP contribution in [0.15, 0.2) is 30.3 Å². The predicted molar refractivity (Wildman–Crippen MR) is 109 cm³/mol. The topological polar surface area (TPSA) is 64.6 Å². The van der Waals surface area contributed by atoms with E-state index in [0.717, 1.165) is 5.56 Å². The lowest BCUT2D eigenvalue weighted by Crippen LogP contribution is -2.66. The fourth-order valence-corrected chi connectivity index (χ4v) is 4.51. The number of amides is 1. The first-order chi connectivity index (χ1) is 12.4. The summed E-state index contributed by atoms with van der Waals surface area (Å²) in [4.78, 5) is 24.7. The van der Waals surface area contributed by atoms with E-state index < -0.39 is 14.2 Å². The lowest BCUT2D eigenvalue weighted by molar-refractivity contribution is -0.156. The van der Waals surface area contributed by atoms with Crippen LogP contribution in [-0.2, 0) is 25.4 Å². The van der Waals surface area contributed by atoms with E-state index in [9.17, 15) is 9.59 Å². The summed E-state index contributed by atoms with van der Waals surface area (Å²) < 4.78 is 11.8. The van der Waals surface area contributed by atoms with Gasteiger partial charge in [-0.15, -0.1) is 0 Å². The molecule has 0 aromatic heterocycles. The van der Waals surface area contributed by atoms with E-state index in [-0.39, 0.29) is 41.6 Å². The number of carbonyl (C=O) groups is 2. The largest absolute Gasteiger partial charge is 0.461 e. The van der Waals surface area contributed by atoms with E-state index in [0.29, 0.717) is 0 Å². The van der Waals surface area contributed by atoms with E-state index in [1.54, 1.807) is 0 Å². The smallest absolute Gasteiger partial charge is 0.311 e. The normalized spacial score (nSPS) is 22.4. The Morgan fingerprint density at radius 2 is 1.78 bits per heavy atom. The highest BCUT2D eigenvalue weighted by atomic mass is 28.4. The molecule has 2 rings (SSSR count). The molecule has 1 heterocycles. The molecule has 27 heavy (non-hydrogen) atoms. The molecular weight excluding hydrogens is 358 g/mol. The first-order valence-corrected chi connectivity index (χ1v) is 12.5. The van der Waals surface area contributed by atoms with E-state index in [4.69, 9.17) is 9.16 Å². The van der Waals surface area contributed by atoms with Crippen LogP contribution in [0.2, 0.25) is 18.1 Å². The zero-order chi connectivity index (χ0) is 20.4. The summed E-state index contributed by atoms with van der Waals surface area (Å²) in [5, 5.41) is 2.94. The average molecular weight is 392 g/mol. The van der Waals surface area contributed by atoms with Crippen molar-refractivity contribution >= 4 is 20.2 Å². The monoisotopic (exact) mass is 391 g/mol. The van der Waals surface area contributed by atoms with Crippen LogP contribution >= 0.6 is 0 Å². The Kier molecular flexibility index (Phi) is 6.53. The summed E-state index contributed by atoms with van der Waals surface area (Å²) >= 11 is 0. The van der Waals surface area contributed by atoms with E-state index in [1.807, 2.05) is 44.2 Å². The Balaban J connectivity index is 1.96. The maximum atomic E-state index is 12.5. The first kappa shape index (κ1) is 21.6. The summed E-state index contributed by atoms with van der Waals surface area (Å²) in [7, 11) is -1.99. The molecule has 150 valence electrons. The zero-order valence-corrected chi connectivity index (χ0v) is 18.5. The number of benzene rings is 1. The quantitative estimate of drug-likeness (QED) is 0.435. The average Bonchev–Trinajstić information content (AvgIpc) is 2.56. The van der Waals surface area contributed by atoms with Crippen LogP contribution < -0.4 is 5.32 Å². The number of carbonyl (C=O) groups excluding carboxylic acids is 2. The van der Waals surface area contributed by atoms with Crippen molar-refractivity contribution in [3.63, 3.8) is 0 Å². The summed E-state index contributed by atoms with van der Waals surface area (Å²) in [5.74, 6) is -1.08. The van der Waals surface area contributed by atoms with Gasteiger partial charge in [-0.25, -0.2) is 0 Å². The lowest BCUT2D eigenvalue weighted by Gasteiger charge is -2.46. The fourth-order valence-electron chi connectivity index (χ4n) is 3.08. The minimum atomic E-state index is -1.99. The van der Waals surface area contributed by atoms with Crippen LogP contribution in [0, 0.1) is 11.8 Å². The minimum Gasteiger partial charge on any atom is -0.461 e. The van der Waals surface area contributed by atoms with Crippen LogP contribution in [-0.4, -0.2) is 32.3 Å². The van der Waals surface area contributed by atoms with Gasteiger partial charge in [0.05, 0.1) is 24.0 Å². The van der Waals surface area contributed by atoms with Crippen molar-refractivity contribution < 1.29 is 18.8 Å². The molecule has 1 aliphatic heterocycles. The number of β-lactam (4-membered cyclic amide) rings is 1. The molecule has 0 unspecified atom stereocenters. The molecule has 5 nitrogen and oxygen atoms in total. The highest BCUT2D eigenvalue weighted by Gasteiger charge is 2.50. The van der Waals surface area contributed by atoms with Gasteiger partial charge in [-0.05, 0) is 37.5 Å². The second-order valence-electron chi connectivity index (χ2n) is 9.03. The Morgan fingerprint density at radius 3 is 2.30 bits per heavy atom. The lowest BCUT2D eigenvalue weighted by atomic mass is 9.79. The van der Waals surface area contributed by atoms with Crippen molar-refractivity contribution in [1.82, 2.24) is 5.32 Å². The Morgan fingerprint density at radius 1 is 1.19 bits per heavy atom. The Bertz CT molecular complexity index is 669. The molecule has 1 aromatic rings. The molecule has 1 fully saturated rings. The van der Waals surface area contributed by atoms with Crippen LogP contribution in [0.5, 0.6) is 0 Å². The van der Waals surface area contributed by atoms with Crippen molar-refractivity contribution in [3.05, 3.63) is 35.9 Å². The zero-order valence-electron chi connectivity index (χ0n) is 17.5. The molecule has 0 radical (unpaired) electrons. The third-order valence-corrected chi connectivity index (χ3v) is 10.5. The summed E-state index contributed by atoms with van der Waals surface area (Å²) in [5.41, 5.74) is 0.946. The number of hydrogen-bond acceptors (Lipinski definition) is 4. The molecule has 1 aliphatic rings. The summed E-state index contributed by atoms with van der Waals surface area (Å²) in [6.45, 7) is 14.9. The Hall–Kier alpha value is -1.66. The standard InChI is InChI=1S/C21H33NO4Si/c1-14(20(24)25-13-16-11-9-8-10-12-16)18-17(19(23)22-18)15(2)26-27(6,7)21(3,4)5/h8-12,14-15,17-18H,13H2,1-7H3,(H,22,23)/t14-,15+,17+,18+/m0/s1. The third kappa shape index (κ3) is 4.99. The van der Waals surface area contributed by atoms with Crippen molar-refractivity contribution in [2.75, 3.05) is 0 Å². The van der Waals surface area contributed by atoms with Gasteiger partial charge < -0.3 is 14.5 Å². The van der Waals surface area contributed by atoms with Crippen LogP contribution in [0.1, 0.15) is 40.2 Å². The van der Waals surface area contributed by atoms with Crippen LogP contribution in [0.4, 0.5) is 0 Å². The minimum absolute atomic E-state index is 0.0473. The molecule has 0 spiro atoms. The van der Waals surface area contributed by atoms with Crippen molar-refractivity contribution in [2.24, 2.45) is 11.8 Å². The number of rotatable bonds is 7. The fraction of sp³-hybridized carbons (Fsp3) is 0.619. The molecule has 0 bridgehead atoms. The molecule has 1 N–H and O–H groups in total. The number of hydrogen-bond donors (Lipinski definition) is 1. The summed E-state index contributed by atoms with van der Waals surface area (Å²) in [6.07, 6.45) is -0.228. The number of esters is 1. The predicted octanol–water partition coefficient (Wildman–Crippen LogP) is 3.89. The maximum absolute atomic E-state index is 12.5. The highest BCUT2D eigenvalue weighted by molar-refractivity contribution is 6.74. The molecule has 0 saturated carbocycles. The number of ether oxygens (including phenoxy) is 1. The number of nitrogens with one attached hydrogen (secondary N) is 1. The van der Waals surface area contributed by atoms with Crippen LogP contribution in [0.25, 0.3) is 0 Å². The van der Waals surface area contributed by atoms with E-state index in [1.165, 1.54) is 0 Å². The molecule has 0 aliphatic carbocycles. The van der Waals surface area contributed by atoms with Gasteiger partial charge in [-0.1, -0.05) is 51.1 Å². The van der Waals surface area contributed by atoms with Gasteiger partial charge in [0.25, 0.3) is 0 Å². The molecule has 1 aromatic carbocycles. The van der Waals surface area contributed by atoms with Gasteiger partial charge in [0.2, 0.25) is 5.91 Å². The van der Waals surface area contributed by atoms with Crippen LogP contribution in [0.3, 0.4) is 0 Å². The summed E-state index contributed by atoms with van der Waals surface area (Å²) in [6, 6.07) is 9.33. The van der Waals surface area contributed by atoms with Gasteiger partial charge in [0, 0.05) is 0 Å². The van der Waals surface area contributed by atoms with Gasteiger partial charge >= 0.3 is 5.97 Å². The molecule has 6 heteroatoms. The van der Waals surface area contributed by atoms with Gasteiger partial charge in [-0.2, -0.15) is 0 Å². The third-order valence-electron chi connectivity index (χ3n) is 5.93. The van der Waals surface area contributed by atoms with Crippen molar-refractivity contribution in [3.8, 4) is 0 Å². The van der Waals surface area contributed by atoms with Gasteiger partial charge in [0.15, 0.2) is 8.32 Å². The maximum Gasteiger partial charge on any atom is 0.311 e. The second kappa shape index (κ2) is 8.15. The molecule has 1 saturated heterocycles. The highest BCUT2D eigenvalue weighted by Crippen LogP contribution is 2.39. The second-order valence-corrected chi connectivity index (χ2v) is 13.8. The van der Waals surface area contributed by atoms with E-state index >= 15 is 0 Å². The van der Waals surface area contributed by atoms with Gasteiger partial charge in [-0.3, -0.25) is 9.59 Å². The van der Waals surface area contributed by atoms with E-state index in [2.05, 4.69) is 39.2 Å². The molecular formula is C21H33NO4Si. The SMILES string of the molecule is C[C@H](C(=O)OCc1ccccc1)[C@H]1NC(=O)[C@@H]1[C@@H](C)O[Si](C)(C)C(C)(C)C. The Labute approximate surface area is 164 Å². The van der Waals surface area contributed by atoms with Crippen molar-refractivity contribution in [2.45, 2.75) is 71.5 Å². The molecule has 4 atom stereocenters.